The molecule has 5 rings (SSSR count). The number of carboxylic acid groups (broad SMARTS) is 1. The molecule has 0 bridgehead atoms. The van der Waals surface area contributed by atoms with Crippen molar-refractivity contribution in [1.82, 2.24) is 10.3 Å². The SMILES string of the molecule is O=C(Nc1ccc(C[C@H](NC(=O)[C@@H]2OCO[C@H]2C(=O)Nc2ccccc2-c2ccccc2)C(=O)O)cc1)c1ccncc1. The van der Waals surface area contributed by atoms with Crippen molar-refractivity contribution in [3.8, 4) is 11.1 Å². The molecular formula is C32H28N4O7. The molecule has 0 spiro atoms. The summed E-state index contributed by atoms with van der Waals surface area (Å²) in [4.78, 5) is 54.5. The van der Waals surface area contributed by atoms with E-state index in [9.17, 15) is 24.3 Å². The first-order valence-electron chi connectivity index (χ1n) is 13.4. The first-order valence-corrected chi connectivity index (χ1v) is 13.4. The van der Waals surface area contributed by atoms with Gasteiger partial charge in [0.05, 0.1) is 0 Å². The van der Waals surface area contributed by atoms with Gasteiger partial charge in [0.2, 0.25) is 0 Å². The second-order valence-corrected chi connectivity index (χ2v) is 9.68. The molecule has 43 heavy (non-hydrogen) atoms. The van der Waals surface area contributed by atoms with Crippen LogP contribution in [0.15, 0.2) is 103 Å². The second kappa shape index (κ2) is 13.5. The third-order valence-electron chi connectivity index (χ3n) is 6.77. The number of carboxylic acids is 1. The summed E-state index contributed by atoms with van der Waals surface area (Å²) in [5.41, 5.74) is 3.76. The van der Waals surface area contributed by atoms with E-state index in [2.05, 4.69) is 20.9 Å². The number of nitrogens with zero attached hydrogens (tertiary/aromatic N) is 1. The van der Waals surface area contributed by atoms with Crippen LogP contribution in [0.3, 0.4) is 0 Å². The fourth-order valence-corrected chi connectivity index (χ4v) is 4.57. The van der Waals surface area contributed by atoms with Crippen molar-refractivity contribution < 1.29 is 33.8 Å². The van der Waals surface area contributed by atoms with Crippen LogP contribution < -0.4 is 16.0 Å². The smallest absolute Gasteiger partial charge is 0.326 e. The van der Waals surface area contributed by atoms with E-state index < -0.39 is 36.0 Å². The maximum atomic E-state index is 13.2. The molecule has 218 valence electrons. The van der Waals surface area contributed by atoms with Crippen molar-refractivity contribution in [2.75, 3.05) is 17.4 Å². The average molecular weight is 581 g/mol. The number of benzene rings is 3. The molecule has 11 heteroatoms. The number of para-hydroxylation sites is 1. The minimum absolute atomic E-state index is 0.0471. The van der Waals surface area contributed by atoms with E-state index in [4.69, 9.17) is 9.47 Å². The molecule has 0 saturated carbocycles. The summed E-state index contributed by atoms with van der Waals surface area (Å²) in [7, 11) is 0. The van der Waals surface area contributed by atoms with Crippen LogP contribution in [0.25, 0.3) is 11.1 Å². The van der Waals surface area contributed by atoms with Crippen LogP contribution in [0.1, 0.15) is 15.9 Å². The van der Waals surface area contributed by atoms with E-state index >= 15 is 0 Å². The maximum absolute atomic E-state index is 13.2. The number of carbonyl (C=O) groups excluding carboxylic acids is 3. The number of aliphatic carboxylic acids is 1. The Bertz CT molecular complexity index is 1600. The summed E-state index contributed by atoms with van der Waals surface area (Å²) >= 11 is 0. The van der Waals surface area contributed by atoms with Gasteiger partial charge in [-0.15, -0.1) is 0 Å². The lowest BCUT2D eigenvalue weighted by atomic mass is 10.0. The molecule has 3 atom stereocenters. The Morgan fingerprint density at radius 1 is 0.791 bits per heavy atom. The number of rotatable bonds is 10. The number of ether oxygens (including phenoxy) is 2. The molecule has 4 aromatic rings. The second-order valence-electron chi connectivity index (χ2n) is 9.68. The summed E-state index contributed by atoms with van der Waals surface area (Å²) in [6.07, 6.45) is 0.342. The Kier molecular flexibility index (Phi) is 9.15. The molecule has 3 aromatic carbocycles. The number of nitrogens with one attached hydrogen (secondary N) is 3. The standard InChI is InChI=1S/C32H28N4O7/c37-29(22-14-16-33-17-15-22)34-23-12-10-20(11-13-23)18-26(32(40)41)36-31(39)28-27(42-19-43-28)30(38)35-25-9-5-4-8-24(25)21-6-2-1-3-7-21/h1-17,26-28H,18-19H2,(H,34,37)(H,35,38)(H,36,39)(H,40,41)/t26-,27+,28+/m0/s1. The van der Waals surface area contributed by atoms with Gasteiger partial charge in [-0.05, 0) is 41.5 Å². The molecule has 1 aliphatic heterocycles. The highest BCUT2D eigenvalue weighted by molar-refractivity contribution is 6.04. The molecule has 0 aliphatic carbocycles. The number of anilines is 2. The Hall–Kier alpha value is -5.39. The van der Waals surface area contributed by atoms with Gasteiger partial charge < -0.3 is 30.5 Å². The predicted molar refractivity (Wildman–Crippen MR) is 157 cm³/mol. The van der Waals surface area contributed by atoms with Gasteiger partial charge in [-0.25, -0.2) is 4.79 Å². The predicted octanol–water partition coefficient (Wildman–Crippen LogP) is 3.49. The van der Waals surface area contributed by atoms with Crippen LogP contribution in [0.2, 0.25) is 0 Å². The number of aromatic nitrogens is 1. The zero-order chi connectivity index (χ0) is 30.2. The van der Waals surface area contributed by atoms with Gasteiger partial charge in [0, 0.05) is 41.3 Å². The van der Waals surface area contributed by atoms with E-state index in [1.54, 1.807) is 48.5 Å². The zero-order valence-corrected chi connectivity index (χ0v) is 22.8. The van der Waals surface area contributed by atoms with Gasteiger partial charge in [0.15, 0.2) is 12.2 Å². The molecule has 11 nitrogen and oxygen atoms in total. The van der Waals surface area contributed by atoms with E-state index in [0.717, 1.165) is 11.1 Å². The van der Waals surface area contributed by atoms with Crippen LogP contribution in [0.5, 0.6) is 0 Å². The quantitative estimate of drug-likeness (QED) is 0.222. The van der Waals surface area contributed by atoms with Gasteiger partial charge in [-0.1, -0.05) is 60.7 Å². The Morgan fingerprint density at radius 3 is 2.14 bits per heavy atom. The highest BCUT2D eigenvalue weighted by atomic mass is 16.7. The maximum Gasteiger partial charge on any atom is 0.326 e. The fraction of sp³-hybridized carbons (Fsp3) is 0.156. The first-order chi connectivity index (χ1) is 20.9. The molecule has 1 fully saturated rings. The van der Waals surface area contributed by atoms with Gasteiger partial charge in [-0.2, -0.15) is 0 Å². The van der Waals surface area contributed by atoms with Crippen molar-refractivity contribution in [1.29, 1.82) is 0 Å². The number of hydrogen-bond donors (Lipinski definition) is 4. The van der Waals surface area contributed by atoms with Gasteiger partial charge in [-0.3, -0.25) is 19.4 Å². The van der Waals surface area contributed by atoms with Gasteiger partial charge in [0.1, 0.15) is 12.8 Å². The molecule has 4 N–H and O–H groups in total. The van der Waals surface area contributed by atoms with Crippen LogP contribution in [0, 0.1) is 0 Å². The Morgan fingerprint density at radius 2 is 1.44 bits per heavy atom. The van der Waals surface area contributed by atoms with E-state index in [0.29, 0.717) is 22.5 Å². The zero-order valence-electron chi connectivity index (χ0n) is 22.8. The van der Waals surface area contributed by atoms with E-state index in [-0.39, 0.29) is 19.1 Å². The van der Waals surface area contributed by atoms with Crippen LogP contribution in [-0.2, 0) is 30.3 Å². The monoisotopic (exact) mass is 580 g/mol. The highest BCUT2D eigenvalue weighted by Gasteiger charge is 2.42. The highest BCUT2D eigenvalue weighted by Crippen LogP contribution is 2.28. The molecule has 0 radical (unpaired) electrons. The lowest BCUT2D eigenvalue weighted by Crippen LogP contribution is -2.51. The molecular weight excluding hydrogens is 552 g/mol. The van der Waals surface area contributed by atoms with E-state index in [1.165, 1.54) is 12.4 Å². The van der Waals surface area contributed by atoms with Crippen LogP contribution in [-0.4, -0.2) is 58.8 Å². The number of carbonyl (C=O) groups is 4. The number of hydrogen-bond acceptors (Lipinski definition) is 7. The summed E-state index contributed by atoms with van der Waals surface area (Å²) in [5.74, 6) is -2.97. The van der Waals surface area contributed by atoms with Gasteiger partial charge >= 0.3 is 5.97 Å². The molecule has 3 amide bonds. The minimum Gasteiger partial charge on any atom is -0.480 e. The fourth-order valence-electron chi connectivity index (χ4n) is 4.57. The lowest BCUT2D eigenvalue weighted by molar-refractivity contribution is -0.144. The normalized spacial score (nSPS) is 16.6. The summed E-state index contributed by atoms with van der Waals surface area (Å²) < 4.78 is 10.8. The topological polar surface area (TPSA) is 156 Å². The third-order valence-corrected chi connectivity index (χ3v) is 6.77. The van der Waals surface area contributed by atoms with E-state index in [1.807, 2.05) is 42.5 Å². The Balaban J connectivity index is 1.21. The summed E-state index contributed by atoms with van der Waals surface area (Å²) in [5, 5.41) is 17.8. The Labute approximate surface area is 246 Å². The molecule has 2 heterocycles. The van der Waals surface area contributed by atoms with Crippen LogP contribution in [0.4, 0.5) is 11.4 Å². The third kappa shape index (κ3) is 7.28. The average Bonchev–Trinajstić information content (AvgIpc) is 3.53. The van der Waals surface area contributed by atoms with Crippen LogP contribution >= 0.6 is 0 Å². The lowest BCUT2D eigenvalue weighted by Gasteiger charge is -2.20. The van der Waals surface area contributed by atoms with Crippen molar-refractivity contribution in [3.63, 3.8) is 0 Å². The molecule has 1 saturated heterocycles. The van der Waals surface area contributed by atoms with Crippen molar-refractivity contribution in [3.05, 3.63) is 115 Å². The molecule has 1 aromatic heterocycles. The number of pyridine rings is 1. The largest absolute Gasteiger partial charge is 0.480 e. The first kappa shape index (κ1) is 29.1. The molecule has 1 aliphatic rings. The molecule has 0 unspecified atom stereocenters. The number of amides is 3. The summed E-state index contributed by atoms with van der Waals surface area (Å²) in [6.45, 7) is -0.305. The minimum atomic E-state index is -1.35. The van der Waals surface area contributed by atoms with Crippen molar-refractivity contribution in [2.24, 2.45) is 0 Å². The van der Waals surface area contributed by atoms with Gasteiger partial charge in [0.25, 0.3) is 17.7 Å². The van der Waals surface area contributed by atoms with Crippen molar-refractivity contribution in [2.45, 2.75) is 24.7 Å². The van der Waals surface area contributed by atoms with Crippen molar-refractivity contribution >= 4 is 35.1 Å². The summed E-state index contributed by atoms with van der Waals surface area (Å²) in [6, 6.07) is 25.1.